The zero-order valence-electron chi connectivity index (χ0n) is 11.0. The summed E-state index contributed by atoms with van der Waals surface area (Å²) in [6.45, 7) is 4.00. The summed E-state index contributed by atoms with van der Waals surface area (Å²) in [4.78, 5) is 22.2. The summed E-state index contributed by atoms with van der Waals surface area (Å²) in [6, 6.07) is 7.70. The highest BCUT2D eigenvalue weighted by molar-refractivity contribution is 6.71. The lowest BCUT2D eigenvalue weighted by Crippen LogP contribution is -2.35. The summed E-state index contributed by atoms with van der Waals surface area (Å²) < 4.78 is 5.02. The standard InChI is InChI=1S/C14H19BO3/c1-3-4-5-14(17)10-15(18-11-16)13-8-6-12(2)7-9-13/h6-9,11H,3-5,10H2,1-2H3. The van der Waals surface area contributed by atoms with Gasteiger partial charge in [0.2, 0.25) is 0 Å². The fourth-order valence-electron chi connectivity index (χ4n) is 1.78. The summed E-state index contributed by atoms with van der Waals surface area (Å²) in [5, 5.41) is 0. The smallest absolute Gasteiger partial charge is 0.402 e. The zero-order chi connectivity index (χ0) is 13.4. The number of carbonyl (C=O) groups is 2. The van der Waals surface area contributed by atoms with Gasteiger partial charge >= 0.3 is 6.92 Å². The molecule has 0 saturated carbocycles. The van der Waals surface area contributed by atoms with E-state index in [1.54, 1.807) is 0 Å². The maximum atomic E-state index is 11.7. The fourth-order valence-corrected chi connectivity index (χ4v) is 1.78. The lowest BCUT2D eigenvalue weighted by molar-refractivity contribution is -0.121. The van der Waals surface area contributed by atoms with Gasteiger partial charge in [0.1, 0.15) is 5.78 Å². The second-order valence-corrected chi connectivity index (χ2v) is 4.48. The minimum atomic E-state index is -0.451. The van der Waals surface area contributed by atoms with E-state index >= 15 is 0 Å². The molecule has 0 aliphatic heterocycles. The van der Waals surface area contributed by atoms with Gasteiger partial charge in [-0.3, -0.25) is 4.79 Å². The normalized spacial score (nSPS) is 9.89. The van der Waals surface area contributed by atoms with Crippen LogP contribution < -0.4 is 5.46 Å². The molecule has 1 aromatic carbocycles. The minimum Gasteiger partial charge on any atom is -0.533 e. The van der Waals surface area contributed by atoms with Gasteiger partial charge in [0.05, 0.1) is 0 Å². The number of aryl methyl sites for hydroxylation is 1. The Morgan fingerprint density at radius 1 is 1.33 bits per heavy atom. The molecule has 0 N–H and O–H groups in total. The molecule has 3 nitrogen and oxygen atoms in total. The molecule has 0 fully saturated rings. The van der Waals surface area contributed by atoms with Gasteiger partial charge in [-0.1, -0.05) is 43.2 Å². The van der Waals surface area contributed by atoms with Gasteiger partial charge in [-0.05, 0) is 18.8 Å². The van der Waals surface area contributed by atoms with Crippen LogP contribution in [0.2, 0.25) is 6.32 Å². The van der Waals surface area contributed by atoms with Gasteiger partial charge in [-0.15, -0.1) is 0 Å². The first-order valence-corrected chi connectivity index (χ1v) is 6.34. The van der Waals surface area contributed by atoms with Crippen molar-refractivity contribution in [2.75, 3.05) is 0 Å². The second-order valence-electron chi connectivity index (χ2n) is 4.48. The molecule has 0 radical (unpaired) electrons. The van der Waals surface area contributed by atoms with Gasteiger partial charge in [0.25, 0.3) is 6.47 Å². The van der Waals surface area contributed by atoms with Gasteiger partial charge in [-0.2, -0.15) is 0 Å². The summed E-state index contributed by atoms with van der Waals surface area (Å²) in [6.07, 6.45) is 2.71. The Labute approximate surface area is 109 Å². The minimum absolute atomic E-state index is 0.143. The number of ketones is 1. The topological polar surface area (TPSA) is 43.4 Å². The Balaban J connectivity index is 2.67. The van der Waals surface area contributed by atoms with Crippen LogP contribution in [0.5, 0.6) is 0 Å². The molecule has 1 aromatic rings. The van der Waals surface area contributed by atoms with Crippen molar-refractivity contribution in [3.05, 3.63) is 29.8 Å². The number of unbranched alkanes of at least 4 members (excludes halogenated alkanes) is 1. The van der Waals surface area contributed by atoms with Crippen molar-refractivity contribution in [1.82, 2.24) is 0 Å². The SMILES string of the molecule is CCCCC(=O)CB(OC=O)c1ccc(C)cc1. The maximum Gasteiger partial charge on any atom is 0.402 e. The van der Waals surface area contributed by atoms with Gasteiger partial charge < -0.3 is 9.45 Å². The molecule has 4 heteroatoms. The first kappa shape index (κ1) is 14.5. The number of Topliss-reactive ketones (excluding diaryl/α,β-unsaturated/α-hetero) is 1. The second kappa shape index (κ2) is 7.69. The molecule has 0 bridgehead atoms. The maximum absolute atomic E-state index is 11.7. The lowest BCUT2D eigenvalue weighted by Gasteiger charge is -2.11. The van der Waals surface area contributed by atoms with E-state index in [4.69, 9.17) is 4.65 Å². The largest absolute Gasteiger partial charge is 0.533 e. The molecule has 0 amide bonds. The third-order valence-corrected chi connectivity index (χ3v) is 2.89. The molecule has 18 heavy (non-hydrogen) atoms. The highest BCUT2D eigenvalue weighted by Crippen LogP contribution is 2.05. The third-order valence-electron chi connectivity index (χ3n) is 2.89. The fraction of sp³-hybridized carbons (Fsp3) is 0.429. The molecular weight excluding hydrogens is 227 g/mol. The molecule has 0 unspecified atom stereocenters. The first-order chi connectivity index (χ1) is 8.67. The lowest BCUT2D eigenvalue weighted by atomic mass is 9.57. The number of hydrogen-bond acceptors (Lipinski definition) is 3. The molecular formula is C14H19BO3. The van der Waals surface area contributed by atoms with Crippen molar-refractivity contribution in [2.24, 2.45) is 0 Å². The Bertz CT molecular complexity index is 387. The summed E-state index contributed by atoms with van der Waals surface area (Å²) in [7, 11) is 0. The quantitative estimate of drug-likeness (QED) is 0.521. The Morgan fingerprint density at radius 3 is 2.56 bits per heavy atom. The van der Waals surface area contributed by atoms with E-state index < -0.39 is 6.92 Å². The van der Waals surface area contributed by atoms with Crippen LogP contribution >= 0.6 is 0 Å². The van der Waals surface area contributed by atoms with Crippen molar-refractivity contribution < 1.29 is 14.2 Å². The van der Waals surface area contributed by atoms with Gasteiger partial charge in [0.15, 0.2) is 0 Å². The Hall–Kier alpha value is -1.58. The molecule has 0 heterocycles. The Kier molecular flexibility index (Phi) is 6.19. The number of rotatable bonds is 8. The highest BCUT2D eigenvalue weighted by Gasteiger charge is 2.23. The number of benzene rings is 1. The van der Waals surface area contributed by atoms with E-state index in [1.807, 2.05) is 38.1 Å². The predicted octanol–water partition coefficient (Wildman–Crippen LogP) is 2.13. The van der Waals surface area contributed by atoms with Crippen LogP contribution in [-0.4, -0.2) is 19.2 Å². The summed E-state index contributed by atoms with van der Waals surface area (Å²) in [5.41, 5.74) is 2.01. The van der Waals surface area contributed by atoms with Crippen LogP contribution in [0, 0.1) is 6.92 Å². The van der Waals surface area contributed by atoms with Crippen LogP contribution in [0.15, 0.2) is 24.3 Å². The Morgan fingerprint density at radius 2 is 2.00 bits per heavy atom. The molecule has 0 aromatic heterocycles. The van der Waals surface area contributed by atoms with Gasteiger partial charge in [0, 0.05) is 12.7 Å². The van der Waals surface area contributed by atoms with Crippen LogP contribution in [0.25, 0.3) is 0 Å². The van der Waals surface area contributed by atoms with Crippen LogP contribution in [0.4, 0.5) is 0 Å². The third kappa shape index (κ3) is 4.74. The van der Waals surface area contributed by atoms with Crippen molar-refractivity contribution >= 4 is 24.6 Å². The molecule has 0 aliphatic rings. The van der Waals surface area contributed by atoms with Crippen molar-refractivity contribution in [1.29, 1.82) is 0 Å². The van der Waals surface area contributed by atoms with E-state index in [1.165, 1.54) is 0 Å². The van der Waals surface area contributed by atoms with Crippen molar-refractivity contribution in [3.8, 4) is 0 Å². The van der Waals surface area contributed by atoms with Crippen LogP contribution in [0.1, 0.15) is 31.7 Å². The van der Waals surface area contributed by atoms with E-state index in [9.17, 15) is 9.59 Å². The van der Waals surface area contributed by atoms with E-state index in [0.29, 0.717) is 12.9 Å². The first-order valence-electron chi connectivity index (χ1n) is 6.34. The molecule has 1 rings (SSSR count). The summed E-state index contributed by atoms with van der Waals surface area (Å²) >= 11 is 0. The molecule has 0 saturated heterocycles. The number of hydrogen-bond donors (Lipinski definition) is 0. The van der Waals surface area contributed by atoms with E-state index in [-0.39, 0.29) is 12.1 Å². The number of carbonyl (C=O) groups excluding carboxylic acids is 2. The molecule has 0 aliphatic carbocycles. The van der Waals surface area contributed by atoms with E-state index in [2.05, 4.69) is 0 Å². The average Bonchev–Trinajstić information content (AvgIpc) is 2.37. The van der Waals surface area contributed by atoms with E-state index in [0.717, 1.165) is 23.9 Å². The zero-order valence-corrected chi connectivity index (χ0v) is 11.0. The summed E-state index contributed by atoms with van der Waals surface area (Å²) in [5.74, 6) is 0.143. The predicted molar refractivity (Wildman–Crippen MR) is 73.1 cm³/mol. The average molecular weight is 246 g/mol. The molecule has 0 spiro atoms. The van der Waals surface area contributed by atoms with Crippen LogP contribution in [-0.2, 0) is 14.2 Å². The molecule has 96 valence electrons. The van der Waals surface area contributed by atoms with Crippen LogP contribution in [0.3, 0.4) is 0 Å². The monoisotopic (exact) mass is 246 g/mol. The highest BCUT2D eigenvalue weighted by atomic mass is 16.5. The molecule has 0 atom stereocenters. The van der Waals surface area contributed by atoms with Crippen molar-refractivity contribution in [2.45, 2.75) is 39.4 Å². The van der Waals surface area contributed by atoms with Crippen molar-refractivity contribution in [3.63, 3.8) is 0 Å². The van der Waals surface area contributed by atoms with Gasteiger partial charge in [-0.25, -0.2) is 0 Å².